The summed E-state index contributed by atoms with van der Waals surface area (Å²) < 4.78 is 5.45. The van der Waals surface area contributed by atoms with Crippen LogP contribution >= 0.6 is 0 Å². The molecule has 0 aliphatic carbocycles. The molecule has 0 bridgehead atoms. The number of aromatic hydroxyl groups is 1. The summed E-state index contributed by atoms with van der Waals surface area (Å²) >= 11 is 0. The molecule has 0 saturated heterocycles. The second kappa shape index (κ2) is 7.82. The second-order valence-corrected chi connectivity index (χ2v) is 6.13. The van der Waals surface area contributed by atoms with E-state index in [2.05, 4.69) is 29.1 Å². The van der Waals surface area contributed by atoms with Gasteiger partial charge in [-0.15, -0.1) is 10.2 Å². The SMILES string of the molecule is CC[C@@H](C)c1ccc(OCC(=O)N=Nc2c(O)[nH]c3ccccc23)cc1. The summed E-state index contributed by atoms with van der Waals surface area (Å²) in [5, 5.41) is 18.1. The van der Waals surface area contributed by atoms with E-state index in [-0.39, 0.29) is 18.2 Å². The molecule has 0 spiro atoms. The Hall–Kier alpha value is -3.15. The van der Waals surface area contributed by atoms with E-state index in [0.717, 1.165) is 11.9 Å². The van der Waals surface area contributed by atoms with Crippen molar-refractivity contribution < 1.29 is 14.6 Å². The molecule has 1 atom stereocenters. The van der Waals surface area contributed by atoms with Crippen LogP contribution in [0.4, 0.5) is 5.69 Å². The Balaban J connectivity index is 1.62. The third kappa shape index (κ3) is 3.91. The van der Waals surface area contributed by atoms with Gasteiger partial charge in [-0.1, -0.05) is 44.2 Å². The number of azo groups is 1. The standard InChI is InChI=1S/C20H21N3O3/c1-3-13(2)14-8-10-15(11-9-14)26-12-18(24)22-23-19-16-6-4-5-7-17(16)21-20(19)25/h4-11,13,21,25H,3,12H2,1-2H3/t13-/m1/s1. The first-order chi connectivity index (χ1) is 12.6. The summed E-state index contributed by atoms with van der Waals surface area (Å²) in [7, 11) is 0. The lowest BCUT2D eigenvalue weighted by Crippen LogP contribution is -2.07. The van der Waals surface area contributed by atoms with Gasteiger partial charge in [0.25, 0.3) is 0 Å². The molecular formula is C20H21N3O3. The lowest BCUT2D eigenvalue weighted by Gasteiger charge is -2.09. The molecule has 2 N–H and O–H groups in total. The van der Waals surface area contributed by atoms with Gasteiger partial charge in [0.1, 0.15) is 5.75 Å². The lowest BCUT2D eigenvalue weighted by molar-refractivity contribution is -0.120. The average Bonchev–Trinajstić information content (AvgIpc) is 2.99. The van der Waals surface area contributed by atoms with Gasteiger partial charge in [-0.3, -0.25) is 4.79 Å². The van der Waals surface area contributed by atoms with E-state index in [1.807, 2.05) is 42.5 Å². The number of rotatable bonds is 6. The Morgan fingerprint density at radius 3 is 2.65 bits per heavy atom. The zero-order valence-electron chi connectivity index (χ0n) is 14.8. The quantitative estimate of drug-likeness (QED) is 0.607. The Bertz CT molecular complexity index is 929. The van der Waals surface area contributed by atoms with Crippen LogP contribution in [0.2, 0.25) is 0 Å². The fourth-order valence-electron chi connectivity index (χ4n) is 2.62. The number of para-hydroxylation sites is 1. The van der Waals surface area contributed by atoms with E-state index < -0.39 is 5.91 Å². The van der Waals surface area contributed by atoms with Crippen molar-refractivity contribution in [1.82, 2.24) is 4.98 Å². The third-order valence-electron chi connectivity index (χ3n) is 4.34. The molecular weight excluding hydrogens is 330 g/mol. The van der Waals surface area contributed by atoms with Gasteiger partial charge in [-0.05, 0) is 36.1 Å². The van der Waals surface area contributed by atoms with Gasteiger partial charge >= 0.3 is 5.91 Å². The maximum Gasteiger partial charge on any atom is 0.302 e. The number of nitrogens with one attached hydrogen (secondary N) is 1. The molecule has 0 unspecified atom stereocenters. The number of aromatic amines is 1. The zero-order chi connectivity index (χ0) is 18.5. The highest BCUT2D eigenvalue weighted by Crippen LogP contribution is 2.35. The molecule has 1 heterocycles. The average molecular weight is 351 g/mol. The summed E-state index contributed by atoms with van der Waals surface area (Å²) in [4.78, 5) is 14.7. The van der Waals surface area contributed by atoms with Gasteiger partial charge in [0.2, 0.25) is 5.88 Å². The van der Waals surface area contributed by atoms with Crippen LogP contribution in [0.3, 0.4) is 0 Å². The van der Waals surface area contributed by atoms with E-state index in [1.165, 1.54) is 5.56 Å². The highest BCUT2D eigenvalue weighted by Gasteiger charge is 2.10. The van der Waals surface area contributed by atoms with Crippen LogP contribution in [0, 0.1) is 0 Å². The fraction of sp³-hybridized carbons (Fsp3) is 0.250. The van der Waals surface area contributed by atoms with Crippen LogP contribution in [0.5, 0.6) is 11.6 Å². The number of carbonyl (C=O) groups excluding carboxylic acids is 1. The molecule has 6 nitrogen and oxygen atoms in total. The number of ether oxygens (including phenoxy) is 1. The Morgan fingerprint density at radius 2 is 1.92 bits per heavy atom. The topological polar surface area (TPSA) is 87.0 Å². The first-order valence-corrected chi connectivity index (χ1v) is 8.55. The highest BCUT2D eigenvalue weighted by molar-refractivity contribution is 5.94. The Labute approximate surface area is 151 Å². The highest BCUT2D eigenvalue weighted by atomic mass is 16.5. The minimum absolute atomic E-state index is 0.121. The molecule has 1 amide bonds. The molecule has 134 valence electrons. The first kappa shape index (κ1) is 17.7. The van der Waals surface area contributed by atoms with Gasteiger partial charge in [-0.2, -0.15) is 0 Å². The Morgan fingerprint density at radius 1 is 1.19 bits per heavy atom. The van der Waals surface area contributed by atoms with Crippen molar-refractivity contribution >= 4 is 22.5 Å². The van der Waals surface area contributed by atoms with Crippen LogP contribution in [0.15, 0.2) is 58.8 Å². The van der Waals surface area contributed by atoms with Crippen molar-refractivity contribution in [2.75, 3.05) is 6.61 Å². The first-order valence-electron chi connectivity index (χ1n) is 8.55. The van der Waals surface area contributed by atoms with Crippen molar-refractivity contribution in [1.29, 1.82) is 0 Å². The number of fused-ring (bicyclic) bond motifs is 1. The summed E-state index contributed by atoms with van der Waals surface area (Å²) in [6.45, 7) is 4.10. The van der Waals surface area contributed by atoms with Crippen LogP contribution in [0.25, 0.3) is 10.9 Å². The lowest BCUT2D eigenvalue weighted by atomic mass is 9.99. The molecule has 3 rings (SSSR count). The molecule has 0 fully saturated rings. The Kier molecular flexibility index (Phi) is 5.31. The van der Waals surface area contributed by atoms with Crippen molar-refractivity contribution in [3.63, 3.8) is 0 Å². The monoisotopic (exact) mass is 351 g/mol. The summed E-state index contributed by atoms with van der Waals surface area (Å²) in [5.74, 6) is 0.448. The number of nitrogens with zero attached hydrogens (tertiary/aromatic N) is 2. The number of H-pyrrole nitrogens is 1. The van der Waals surface area contributed by atoms with E-state index in [0.29, 0.717) is 17.1 Å². The predicted molar refractivity (Wildman–Crippen MR) is 100 cm³/mol. The van der Waals surface area contributed by atoms with Crippen molar-refractivity contribution in [3.05, 3.63) is 54.1 Å². The summed E-state index contributed by atoms with van der Waals surface area (Å²) in [6.07, 6.45) is 1.07. The van der Waals surface area contributed by atoms with E-state index in [4.69, 9.17) is 4.74 Å². The van der Waals surface area contributed by atoms with E-state index >= 15 is 0 Å². The van der Waals surface area contributed by atoms with Crippen LogP contribution in [-0.4, -0.2) is 22.6 Å². The van der Waals surface area contributed by atoms with E-state index in [9.17, 15) is 9.90 Å². The van der Waals surface area contributed by atoms with Gasteiger partial charge in [-0.25, -0.2) is 0 Å². The smallest absolute Gasteiger partial charge is 0.302 e. The number of carbonyl (C=O) groups is 1. The maximum atomic E-state index is 11.9. The number of benzene rings is 2. The number of aromatic nitrogens is 1. The van der Waals surface area contributed by atoms with Crippen LogP contribution < -0.4 is 4.74 Å². The third-order valence-corrected chi connectivity index (χ3v) is 4.34. The zero-order valence-corrected chi connectivity index (χ0v) is 14.8. The molecule has 26 heavy (non-hydrogen) atoms. The maximum absolute atomic E-state index is 11.9. The van der Waals surface area contributed by atoms with Crippen molar-refractivity contribution in [2.45, 2.75) is 26.2 Å². The number of hydrogen-bond donors (Lipinski definition) is 2. The van der Waals surface area contributed by atoms with Gasteiger partial charge in [0.15, 0.2) is 12.3 Å². The van der Waals surface area contributed by atoms with Gasteiger partial charge in [0.05, 0.1) is 5.52 Å². The van der Waals surface area contributed by atoms with Gasteiger partial charge in [0, 0.05) is 5.39 Å². The van der Waals surface area contributed by atoms with Gasteiger partial charge < -0.3 is 14.8 Å². The molecule has 2 aromatic carbocycles. The van der Waals surface area contributed by atoms with Crippen molar-refractivity contribution in [2.24, 2.45) is 10.2 Å². The predicted octanol–water partition coefficient (Wildman–Crippen LogP) is 5.08. The van der Waals surface area contributed by atoms with Crippen LogP contribution in [-0.2, 0) is 4.79 Å². The molecule has 6 heteroatoms. The molecule has 0 aliphatic rings. The second-order valence-electron chi connectivity index (χ2n) is 6.13. The summed E-state index contributed by atoms with van der Waals surface area (Å²) in [6, 6.07) is 14.9. The van der Waals surface area contributed by atoms with Crippen LogP contribution in [0.1, 0.15) is 31.7 Å². The molecule has 1 aromatic heterocycles. The number of hydrogen-bond acceptors (Lipinski definition) is 4. The largest absolute Gasteiger partial charge is 0.493 e. The molecule has 0 saturated carbocycles. The molecule has 0 radical (unpaired) electrons. The minimum Gasteiger partial charge on any atom is -0.493 e. The van der Waals surface area contributed by atoms with Crippen molar-refractivity contribution in [3.8, 4) is 11.6 Å². The summed E-state index contributed by atoms with van der Waals surface area (Å²) in [5.41, 5.74) is 2.21. The fourth-order valence-corrected chi connectivity index (χ4v) is 2.62. The number of amides is 1. The molecule has 3 aromatic rings. The molecule has 0 aliphatic heterocycles. The minimum atomic E-state index is -0.527. The normalized spacial score (nSPS) is 12.5. The van der Waals surface area contributed by atoms with E-state index in [1.54, 1.807) is 6.07 Å².